The highest BCUT2D eigenvalue weighted by atomic mass is 16.5. The topological polar surface area (TPSA) is 74.9 Å². The molecule has 2 bridgehead atoms. The minimum atomic E-state index is -0.146. The number of nitrogens with one attached hydrogen (secondary N) is 1. The third kappa shape index (κ3) is 3.35. The van der Waals surface area contributed by atoms with Crippen molar-refractivity contribution in [3.63, 3.8) is 0 Å². The zero-order chi connectivity index (χ0) is 28.0. The molecule has 0 radical (unpaired) electrons. The maximum absolute atomic E-state index is 14.0. The van der Waals surface area contributed by atoms with Crippen LogP contribution in [0.25, 0.3) is 0 Å². The van der Waals surface area contributed by atoms with E-state index in [2.05, 4.69) is 36.0 Å². The number of H-pyrrole nitrogens is 1. The maximum atomic E-state index is 14.0. The van der Waals surface area contributed by atoms with E-state index in [1.54, 1.807) is 7.11 Å². The van der Waals surface area contributed by atoms with Crippen LogP contribution in [0.2, 0.25) is 0 Å². The maximum Gasteiger partial charge on any atom is 0.270 e. The minimum Gasteiger partial charge on any atom is -0.493 e. The van der Waals surface area contributed by atoms with Crippen LogP contribution in [0.5, 0.6) is 11.5 Å². The van der Waals surface area contributed by atoms with Gasteiger partial charge in [-0.05, 0) is 81.3 Å². The molecule has 0 saturated carbocycles. The van der Waals surface area contributed by atoms with Gasteiger partial charge in [-0.2, -0.15) is 0 Å². The van der Waals surface area contributed by atoms with Gasteiger partial charge in [-0.15, -0.1) is 0 Å². The van der Waals surface area contributed by atoms with Gasteiger partial charge in [-0.25, -0.2) is 0 Å². The average Bonchev–Trinajstić information content (AvgIpc) is 3.53. The summed E-state index contributed by atoms with van der Waals surface area (Å²) < 4.78 is 12.7. The molecule has 3 aromatic rings. The lowest BCUT2D eigenvalue weighted by molar-refractivity contribution is -0.0256. The van der Waals surface area contributed by atoms with Crippen LogP contribution in [-0.4, -0.2) is 66.3 Å². The number of aromatic nitrogens is 1. The van der Waals surface area contributed by atoms with Crippen molar-refractivity contribution in [1.82, 2.24) is 14.8 Å². The molecule has 2 saturated heterocycles. The smallest absolute Gasteiger partial charge is 0.270 e. The average molecular weight is 552 g/mol. The van der Waals surface area contributed by atoms with E-state index in [0.717, 1.165) is 54.1 Å². The van der Waals surface area contributed by atoms with Crippen LogP contribution in [0.4, 0.5) is 0 Å². The molecule has 2 aliphatic carbocycles. The summed E-state index contributed by atoms with van der Waals surface area (Å²) >= 11 is 0. The molecule has 1 spiro atoms. The van der Waals surface area contributed by atoms with Crippen LogP contribution in [0.1, 0.15) is 74.2 Å². The molecular weight excluding hydrogens is 514 g/mol. The summed E-state index contributed by atoms with van der Waals surface area (Å²) in [6.45, 7) is 4.32. The molecule has 2 aromatic carbocycles. The Morgan fingerprint density at radius 1 is 1.05 bits per heavy atom. The monoisotopic (exact) mass is 551 g/mol. The molecule has 0 unspecified atom stereocenters. The first-order valence-corrected chi connectivity index (χ1v) is 15.1. The number of fused-ring (bicyclic) bond motifs is 2. The lowest BCUT2D eigenvalue weighted by Gasteiger charge is -2.57. The number of Topliss-reactive ketones (excluding diaryl/α,β-unsaturated/α-hetero) is 1. The second-order valence-electron chi connectivity index (χ2n) is 12.8. The van der Waals surface area contributed by atoms with Crippen molar-refractivity contribution in [2.45, 2.75) is 56.6 Å². The first-order chi connectivity index (χ1) is 19.9. The van der Waals surface area contributed by atoms with Crippen molar-refractivity contribution in [1.29, 1.82) is 0 Å². The van der Waals surface area contributed by atoms with Crippen LogP contribution in [0.15, 0.2) is 42.5 Å². The molecule has 1 N–H and O–H groups in total. The minimum absolute atomic E-state index is 0.0347. The van der Waals surface area contributed by atoms with E-state index in [9.17, 15) is 9.59 Å². The van der Waals surface area contributed by atoms with Gasteiger partial charge in [0.15, 0.2) is 17.3 Å². The molecule has 7 nitrogen and oxygen atoms in total. The van der Waals surface area contributed by atoms with Crippen LogP contribution in [0.3, 0.4) is 0 Å². The van der Waals surface area contributed by atoms with Crippen LogP contribution in [0, 0.1) is 18.8 Å². The first kappa shape index (κ1) is 25.2. The number of benzene rings is 2. The summed E-state index contributed by atoms with van der Waals surface area (Å²) in [6, 6.07) is 14.3. The van der Waals surface area contributed by atoms with E-state index in [1.165, 1.54) is 16.7 Å². The highest BCUT2D eigenvalue weighted by molar-refractivity contribution is 5.98. The van der Waals surface area contributed by atoms with Gasteiger partial charge in [0.05, 0.1) is 12.8 Å². The van der Waals surface area contributed by atoms with Gasteiger partial charge in [-0.3, -0.25) is 9.59 Å². The number of piperidine rings is 2. The Labute approximate surface area is 240 Å². The van der Waals surface area contributed by atoms with Crippen LogP contribution < -0.4 is 9.47 Å². The number of hydrogen-bond donors (Lipinski definition) is 1. The van der Waals surface area contributed by atoms with E-state index in [4.69, 9.17) is 9.47 Å². The molecule has 41 heavy (non-hydrogen) atoms. The molecule has 7 heteroatoms. The fourth-order valence-electron chi connectivity index (χ4n) is 8.99. The molecule has 1 aromatic heterocycles. The van der Waals surface area contributed by atoms with Gasteiger partial charge in [0.2, 0.25) is 0 Å². The number of ether oxygens (including phenoxy) is 2. The van der Waals surface area contributed by atoms with Gasteiger partial charge < -0.3 is 24.3 Å². The normalized spacial score (nSPS) is 28.1. The molecule has 2 fully saturated rings. The van der Waals surface area contributed by atoms with Gasteiger partial charge in [-0.1, -0.05) is 36.4 Å². The Kier molecular flexibility index (Phi) is 5.50. The quantitative estimate of drug-likeness (QED) is 0.469. The molecule has 8 rings (SSSR count). The standard InChI is InChI=1S/C34H37N3O4/c1-19-23-18-24-25-17-22-9-10-26(40-3)31-27(22)34(24,13-16-36(25)2)32(41-31)29(23)35-28(19)33(39)37-14-11-21(12-15-37)30(38)20-7-5-4-6-8-20/h4-10,21,24-25,32,35H,11-18H2,1-3H3/t24-,25-,32-,34-/m0/s1. The lowest BCUT2D eigenvalue weighted by atomic mass is 9.51. The van der Waals surface area contributed by atoms with Gasteiger partial charge in [0.25, 0.3) is 5.91 Å². The molecule has 212 valence electrons. The number of methoxy groups -OCH3 is 1. The Morgan fingerprint density at radius 2 is 1.83 bits per heavy atom. The van der Waals surface area contributed by atoms with Crippen molar-refractivity contribution < 1.29 is 19.1 Å². The number of hydrogen-bond acceptors (Lipinski definition) is 5. The third-order valence-electron chi connectivity index (χ3n) is 11.1. The largest absolute Gasteiger partial charge is 0.493 e. The van der Waals surface area contributed by atoms with Crippen molar-refractivity contribution >= 4 is 11.7 Å². The van der Waals surface area contributed by atoms with Gasteiger partial charge >= 0.3 is 0 Å². The molecule has 5 aliphatic rings. The Hall–Kier alpha value is -3.58. The van der Waals surface area contributed by atoms with Crippen molar-refractivity contribution in [2.24, 2.45) is 11.8 Å². The van der Waals surface area contributed by atoms with Crippen molar-refractivity contribution in [2.75, 3.05) is 33.8 Å². The fraction of sp³-hybridized carbons (Fsp3) is 0.471. The number of aromatic amines is 1. The van der Waals surface area contributed by atoms with E-state index in [0.29, 0.717) is 43.6 Å². The number of nitrogens with zero attached hydrogens (tertiary/aromatic N) is 2. The number of likely N-dealkylation sites (N-methyl/N-ethyl adjacent to an activating group) is 1. The summed E-state index contributed by atoms with van der Waals surface area (Å²) in [5, 5.41) is 0. The Bertz CT molecular complexity index is 1570. The summed E-state index contributed by atoms with van der Waals surface area (Å²) in [6.07, 6.45) is 4.25. The second kappa shape index (κ2) is 8.96. The van der Waals surface area contributed by atoms with Crippen LogP contribution in [-0.2, 0) is 18.3 Å². The van der Waals surface area contributed by atoms with Gasteiger partial charge in [0.1, 0.15) is 11.8 Å². The number of likely N-dealkylation sites (tertiary alicyclic amines) is 2. The van der Waals surface area contributed by atoms with Crippen LogP contribution >= 0.6 is 0 Å². The lowest BCUT2D eigenvalue weighted by Crippen LogP contribution is -2.62. The third-order valence-corrected chi connectivity index (χ3v) is 11.1. The summed E-state index contributed by atoms with van der Waals surface area (Å²) in [5.41, 5.74) is 7.47. The summed E-state index contributed by atoms with van der Waals surface area (Å²) in [4.78, 5) is 35.1. The molecule has 1 amide bonds. The van der Waals surface area contributed by atoms with E-state index in [-0.39, 0.29) is 29.1 Å². The Balaban J connectivity index is 1.11. The van der Waals surface area contributed by atoms with E-state index in [1.807, 2.05) is 35.2 Å². The Morgan fingerprint density at radius 3 is 2.59 bits per heavy atom. The van der Waals surface area contributed by atoms with E-state index < -0.39 is 0 Å². The predicted octanol–water partition coefficient (Wildman–Crippen LogP) is 4.87. The van der Waals surface area contributed by atoms with Gasteiger partial charge in [0, 0.05) is 41.6 Å². The summed E-state index contributed by atoms with van der Waals surface area (Å²) in [7, 11) is 3.98. The van der Waals surface area contributed by atoms with E-state index >= 15 is 0 Å². The zero-order valence-corrected chi connectivity index (χ0v) is 24.0. The highest BCUT2D eigenvalue weighted by Crippen LogP contribution is 2.67. The number of rotatable bonds is 4. The SMILES string of the molecule is COc1ccc2c3c1O[C@H]1c4[nH]c(C(=O)N5CCC(C(=O)c6ccccc6)CC5)c(C)c4C[C@H]4[C@H](C2)N(C)CC[C@]314. The number of ketones is 1. The number of carbonyl (C=O) groups excluding carboxylic acids is 2. The predicted molar refractivity (Wildman–Crippen MR) is 155 cm³/mol. The number of carbonyl (C=O) groups is 2. The highest BCUT2D eigenvalue weighted by Gasteiger charge is 2.65. The fourth-order valence-corrected chi connectivity index (χ4v) is 8.99. The zero-order valence-electron chi connectivity index (χ0n) is 24.0. The van der Waals surface area contributed by atoms with Crippen molar-refractivity contribution in [3.8, 4) is 11.5 Å². The molecule has 4 heterocycles. The number of amides is 1. The van der Waals surface area contributed by atoms with Crippen molar-refractivity contribution in [3.05, 3.63) is 81.7 Å². The summed E-state index contributed by atoms with van der Waals surface area (Å²) in [5.74, 6) is 2.33. The molecular formula is C34H37N3O4. The first-order valence-electron chi connectivity index (χ1n) is 15.1. The second-order valence-corrected chi connectivity index (χ2v) is 12.8. The molecule has 3 aliphatic heterocycles. The molecule has 4 atom stereocenters.